The molecule has 196 valence electrons. The van der Waals surface area contributed by atoms with E-state index < -0.39 is 17.8 Å². The average molecular weight is 507 g/mol. The van der Waals surface area contributed by atoms with Gasteiger partial charge in [0, 0.05) is 30.0 Å². The van der Waals surface area contributed by atoms with Crippen molar-refractivity contribution in [3.05, 3.63) is 53.6 Å². The van der Waals surface area contributed by atoms with Crippen LogP contribution in [0.5, 0.6) is 5.75 Å². The van der Waals surface area contributed by atoms with E-state index in [2.05, 4.69) is 27.9 Å². The zero-order valence-electron chi connectivity index (χ0n) is 20.6. The van der Waals surface area contributed by atoms with Crippen LogP contribution in [0.25, 0.3) is 0 Å². The Kier molecular flexibility index (Phi) is 9.58. The van der Waals surface area contributed by atoms with Crippen molar-refractivity contribution in [2.75, 3.05) is 37.9 Å². The summed E-state index contributed by atoms with van der Waals surface area (Å²) >= 11 is 0. The van der Waals surface area contributed by atoms with Gasteiger partial charge in [0.1, 0.15) is 5.75 Å². The number of hydrogen-bond donors (Lipinski definition) is 3. The third kappa shape index (κ3) is 7.87. The van der Waals surface area contributed by atoms with E-state index >= 15 is 0 Å². The molecule has 0 atom stereocenters. The Morgan fingerprint density at radius 3 is 2.28 bits per heavy atom. The van der Waals surface area contributed by atoms with E-state index in [0.717, 1.165) is 25.1 Å². The number of rotatable bonds is 9. The fourth-order valence-electron chi connectivity index (χ4n) is 4.32. The number of amides is 3. The van der Waals surface area contributed by atoms with Gasteiger partial charge < -0.3 is 25.6 Å². The number of nitrogens with zero attached hydrogens (tertiary/aromatic N) is 1. The molecule has 1 saturated carbocycles. The van der Waals surface area contributed by atoms with Crippen LogP contribution in [0.4, 0.5) is 29.3 Å². The summed E-state index contributed by atoms with van der Waals surface area (Å²) in [6.45, 7) is 1.45. The highest BCUT2D eigenvalue weighted by Crippen LogP contribution is 2.30. The molecule has 0 spiro atoms. The van der Waals surface area contributed by atoms with Crippen LogP contribution in [0.3, 0.4) is 0 Å². The normalized spacial score (nSPS) is 14.4. The summed E-state index contributed by atoms with van der Waals surface area (Å²) in [5.74, 6) is 0.0204. The second-order valence-corrected chi connectivity index (χ2v) is 8.95. The number of alkyl halides is 3. The van der Waals surface area contributed by atoms with Gasteiger partial charge in [0.15, 0.2) is 0 Å². The summed E-state index contributed by atoms with van der Waals surface area (Å²) in [5, 5.41) is 7.97. The van der Waals surface area contributed by atoms with E-state index in [1.807, 2.05) is 0 Å². The molecule has 7 nitrogen and oxygen atoms in total. The van der Waals surface area contributed by atoms with Crippen molar-refractivity contribution in [2.24, 2.45) is 0 Å². The Bertz CT molecular complexity index is 1020. The number of nitrogens with one attached hydrogen (secondary N) is 3. The average Bonchev–Trinajstić information content (AvgIpc) is 2.86. The molecule has 1 fully saturated rings. The summed E-state index contributed by atoms with van der Waals surface area (Å²) in [6, 6.07) is 8.73. The summed E-state index contributed by atoms with van der Waals surface area (Å²) in [4.78, 5) is 27.3. The van der Waals surface area contributed by atoms with Crippen molar-refractivity contribution in [3.63, 3.8) is 0 Å². The molecule has 3 N–H and O–H groups in total. The molecule has 0 unspecified atom stereocenters. The maximum absolute atomic E-state index is 12.7. The number of carbonyl (C=O) groups excluding carboxylic acids is 2. The van der Waals surface area contributed by atoms with E-state index in [0.29, 0.717) is 29.6 Å². The first-order chi connectivity index (χ1) is 17.2. The molecule has 1 aliphatic rings. The second-order valence-electron chi connectivity index (χ2n) is 8.95. The van der Waals surface area contributed by atoms with Crippen molar-refractivity contribution in [1.82, 2.24) is 10.2 Å². The first-order valence-corrected chi connectivity index (χ1v) is 12.1. The summed E-state index contributed by atoms with van der Waals surface area (Å²) in [5.41, 5.74) is 0.106. The van der Waals surface area contributed by atoms with Crippen LogP contribution in [0, 0.1) is 0 Å². The SMILES string of the molecule is COc1cc(NC(=O)Nc2ccc(C(F)(F)F)cc2)ccc1C(=O)NCCCN(C)C1CCCCC1. The first-order valence-electron chi connectivity index (χ1n) is 12.1. The highest BCUT2D eigenvalue weighted by atomic mass is 19.4. The Labute approximate surface area is 209 Å². The molecule has 2 aromatic carbocycles. The number of benzene rings is 2. The van der Waals surface area contributed by atoms with Crippen LogP contribution >= 0.6 is 0 Å². The molecule has 10 heteroatoms. The van der Waals surface area contributed by atoms with Crippen molar-refractivity contribution < 1.29 is 27.5 Å². The molecule has 0 saturated heterocycles. The van der Waals surface area contributed by atoms with Crippen molar-refractivity contribution in [3.8, 4) is 5.75 Å². The van der Waals surface area contributed by atoms with Crippen LogP contribution < -0.4 is 20.7 Å². The molecule has 2 aromatic rings. The minimum absolute atomic E-state index is 0.206. The number of anilines is 2. The number of carbonyl (C=O) groups is 2. The van der Waals surface area contributed by atoms with E-state index in [9.17, 15) is 22.8 Å². The van der Waals surface area contributed by atoms with Crippen LogP contribution in [0.15, 0.2) is 42.5 Å². The molecule has 36 heavy (non-hydrogen) atoms. The minimum Gasteiger partial charge on any atom is -0.496 e. The number of halogens is 3. The summed E-state index contributed by atoms with van der Waals surface area (Å²) in [6.07, 6.45) is 2.76. The zero-order valence-corrected chi connectivity index (χ0v) is 20.6. The van der Waals surface area contributed by atoms with Gasteiger partial charge in [-0.15, -0.1) is 0 Å². The van der Waals surface area contributed by atoms with Gasteiger partial charge in [-0.05, 0) is 69.3 Å². The molecule has 3 rings (SSSR count). The molecular formula is C26H33F3N4O3. The Hall–Kier alpha value is -3.27. The maximum Gasteiger partial charge on any atom is 0.416 e. The van der Waals surface area contributed by atoms with Crippen molar-refractivity contribution in [1.29, 1.82) is 0 Å². The lowest BCUT2D eigenvalue weighted by Crippen LogP contribution is -2.35. The van der Waals surface area contributed by atoms with Crippen LogP contribution in [-0.2, 0) is 6.18 Å². The standard InChI is InChI=1S/C26H33F3N4O3/c1-33(21-7-4-3-5-8-21)16-6-15-30-24(34)22-14-13-20(17-23(22)36-2)32-25(35)31-19-11-9-18(10-12-19)26(27,28)29/h9-14,17,21H,3-8,15-16H2,1-2H3,(H,30,34)(H2,31,32,35). The fourth-order valence-corrected chi connectivity index (χ4v) is 4.32. The lowest BCUT2D eigenvalue weighted by Gasteiger charge is -2.31. The molecule has 3 amide bonds. The predicted molar refractivity (Wildman–Crippen MR) is 134 cm³/mol. The van der Waals surface area contributed by atoms with Crippen molar-refractivity contribution >= 4 is 23.3 Å². The smallest absolute Gasteiger partial charge is 0.416 e. The van der Waals surface area contributed by atoms with Gasteiger partial charge in [-0.25, -0.2) is 4.79 Å². The van der Waals surface area contributed by atoms with E-state index in [4.69, 9.17) is 4.74 Å². The lowest BCUT2D eigenvalue weighted by molar-refractivity contribution is -0.137. The summed E-state index contributed by atoms with van der Waals surface area (Å²) < 4.78 is 43.4. The topological polar surface area (TPSA) is 82.7 Å². The third-order valence-electron chi connectivity index (χ3n) is 6.35. The first kappa shape index (κ1) is 27.3. The number of urea groups is 1. The number of methoxy groups -OCH3 is 1. The van der Waals surface area contributed by atoms with Gasteiger partial charge in [0.25, 0.3) is 5.91 Å². The molecular weight excluding hydrogens is 473 g/mol. The van der Waals surface area contributed by atoms with Crippen LogP contribution in [-0.4, -0.2) is 50.1 Å². The molecule has 0 heterocycles. The van der Waals surface area contributed by atoms with Gasteiger partial charge >= 0.3 is 12.2 Å². The molecule has 0 aliphatic heterocycles. The second kappa shape index (κ2) is 12.6. The van der Waals surface area contributed by atoms with E-state index in [1.54, 1.807) is 12.1 Å². The quantitative estimate of drug-likeness (QED) is 0.379. The largest absolute Gasteiger partial charge is 0.496 e. The Balaban J connectivity index is 1.49. The van der Waals surface area contributed by atoms with Gasteiger partial charge in [0.2, 0.25) is 0 Å². The Morgan fingerprint density at radius 2 is 1.64 bits per heavy atom. The predicted octanol–water partition coefficient (Wildman–Crippen LogP) is 5.74. The lowest BCUT2D eigenvalue weighted by atomic mass is 9.94. The monoisotopic (exact) mass is 506 g/mol. The maximum atomic E-state index is 12.7. The van der Waals surface area contributed by atoms with Gasteiger partial charge in [-0.1, -0.05) is 19.3 Å². The fraction of sp³-hybridized carbons (Fsp3) is 0.462. The molecule has 0 aromatic heterocycles. The highest BCUT2D eigenvalue weighted by molar-refractivity contribution is 6.01. The highest BCUT2D eigenvalue weighted by Gasteiger charge is 2.30. The zero-order chi connectivity index (χ0) is 26.1. The van der Waals surface area contributed by atoms with Gasteiger partial charge in [-0.3, -0.25) is 4.79 Å². The number of hydrogen-bond acceptors (Lipinski definition) is 4. The van der Waals surface area contributed by atoms with Crippen molar-refractivity contribution in [2.45, 2.75) is 50.7 Å². The summed E-state index contributed by atoms with van der Waals surface area (Å²) in [7, 11) is 3.57. The Morgan fingerprint density at radius 1 is 1.00 bits per heavy atom. The van der Waals surface area contributed by atoms with E-state index in [1.165, 1.54) is 57.4 Å². The molecule has 0 radical (unpaired) electrons. The van der Waals surface area contributed by atoms with E-state index in [-0.39, 0.29) is 11.6 Å². The van der Waals surface area contributed by atoms with Gasteiger partial charge in [-0.2, -0.15) is 13.2 Å². The van der Waals surface area contributed by atoms with Crippen LogP contribution in [0.2, 0.25) is 0 Å². The molecule has 0 bridgehead atoms. The molecule has 1 aliphatic carbocycles. The third-order valence-corrected chi connectivity index (χ3v) is 6.35. The van der Waals surface area contributed by atoms with Gasteiger partial charge in [0.05, 0.1) is 18.2 Å². The minimum atomic E-state index is -4.45. The number of ether oxygens (including phenoxy) is 1. The van der Waals surface area contributed by atoms with Crippen LogP contribution in [0.1, 0.15) is 54.4 Å².